The zero-order chi connectivity index (χ0) is 20.8. The third-order valence-electron chi connectivity index (χ3n) is 4.16. The normalized spacial score (nSPS) is 10.8. The van der Waals surface area contributed by atoms with Crippen LogP contribution in [0.2, 0.25) is 0 Å². The molecule has 0 unspecified atom stereocenters. The number of carbonyl (C=O) groups excluding carboxylic acids is 1. The van der Waals surface area contributed by atoms with Gasteiger partial charge in [0.25, 0.3) is 0 Å². The third kappa shape index (κ3) is 5.80. The monoisotopic (exact) mass is 478 g/mol. The molecule has 152 valence electrons. The molecule has 6 nitrogen and oxygen atoms in total. The van der Waals surface area contributed by atoms with Gasteiger partial charge in [-0.05, 0) is 42.3 Å². The number of nitrogens with zero attached hydrogens (tertiary/aromatic N) is 3. The maximum Gasteiger partial charge on any atom is 0.234 e. The minimum absolute atomic E-state index is 0.0841. The Morgan fingerprint density at radius 2 is 2.00 bits per heavy atom. The quantitative estimate of drug-likeness (QED) is 0.479. The van der Waals surface area contributed by atoms with Crippen LogP contribution < -0.4 is 10.1 Å². The van der Waals surface area contributed by atoms with Crippen molar-refractivity contribution in [1.29, 1.82) is 0 Å². The van der Waals surface area contributed by atoms with Gasteiger partial charge in [0.15, 0.2) is 11.0 Å². The highest BCUT2D eigenvalue weighted by Crippen LogP contribution is 2.21. The predicted octanol–water partition coefficient (Wildman–Crippen LogP) is 4.59. The van der Waals surface area contributed by atoms with Crippen LogP contribution in [0.4, 0.5) is 10.1 Å². The average molecular weight is 479 g/mol. The Kier molecular flexibility index (Phi) is 7.27. The zero-order valence-corrected chi connectivity index (χ0v) is 18.4. The zero-order valence-electron chi connectivity index (χ0n) is 16.0. The van der Waals surface area contributed by atoms with Crippen molar-refractivity contribution in [3.8, 4) is 5.75 Å². The number of nitrogens with one attached hydrogen (secondary N) is 1. The second-order valence-corrected chi connectivity index (χ2v) is 8.06. The second kappa shape index (κ2) is 9.89. The summed E-state index contributed by atoms with van der Waals surface area (Å²) < 4.78 is 22.0. The number of hydrogen-bond acceptors (Lipinski definition) is 5. The number of thioether (sulfide) groups is 1. The molecule has 3 rings (SSSR count). The van der Waals surface area contributed by atoms with Gasteiger partial charge in [-0.2, -0.15) is 0 Å². The molecule has 29 heavy (non-hydrogen) atoms. The Balaban J connectivity index is 1.52. The van der Waals surface area contributed by atoms with Crippen molar-refractivity contribution in [2.75, 3.05) is 11.1 Å². The fraction of sp³-hybridized carbons (Fsp3) is 0.250. The van der Waals surface area contributed by atoms with Crippen molar-refractivity contribution in [1.82, 2.24) is 14.8 Å². The minimum atomic E-state index is -0.497. The lowest BCUT2D eigenvalue weighted by molar-refractivity contribution is -0.113. The molecule has 0 spiro atoms. The van der Waals surface area contributed by atoms with Crippen LogP contribution in [0.25, 0.3) is 0 Å². The molecule has 0 bridgehead atoms. The Morgan fingerprint density at radius 3 is 2.69 bits per heavy atom. The molecule has 0 aliphatic carbocycles. The highest BCUT2D eigenvalue weighted by Gasteiger charge is 2.13. The summed E-state index contributed by atoms with van der Waals surface area (Å²) in [5.41, 5.74) is 1.39. The fourth-order valence-electron chi connectivity index (χ4n) is 2.47. The number of anilines is 1. The van der Waals surface area contributed by atoms with Crippen molar-refractivity contribution in [2.45, 2.75) is 25.1 Å². The molecule has 3 aromatic rings. The molecule has 0 radical (unpaired) electrons. The van der Waals surface area contributed by atoms with E-state index >= 15 is 0 Å². The molecule has 0 atom stereocenters. The molecular formula is C20H20BrFN4O2S. The van der Waals surface area contributed by atoms with E-state index in [-0.39, 0.29) is 24.0 Å². The summed E-state index contributed by atoms with van der Waals surface area (Å²) in [4.78, 5) is 12.1. The van der Waals surface area contributed by atoms with Crippen LogP contribution in [0, 0.1) is 5.82 Å². The molecule has 1 N–H and O–H groups in total. The Labute approximate surface area is 181 Å². The van der Waals surface area contributed by atoms with Crippen LogP contribution in [-0.2, 0) is 24.9 Å². The largest absolute Gasteiger partial charge is 0.486 e. The van der Waals surface area contributed by atoms with Crippen molar-refractivity contribution in [3.05, 3.63) is 64.1 Å². The summed E-state index contributed by atoms with van der Waals surface area (Å²) in [6.07, 6.45) is 0.978. The first kappa shape index (κ1) is 21.3. The molecule has 1 amide bonds. The van der Waals surface area contributed by atoms with Crippen molar-refractivity contribution in [3.63, 3.8) is 0 Å². The third-order valence-corrected chi connectivity index (χ3v) is 5.68. The second-order valence-electron chi connectivity index (χ2n) is 6.21. The molecule has 0 aliphatic heterocycles. The van der Waals surface area contributed by atoms with Crippen LogP contribution in [0.1, 0.15) is 18.3 Å². The molecule has 1 aromatic heterocycles. The molecule has 9 heteroatoms. The van der Waals surface area contributed by atoms with E-state index in [1.807, 2.05) is 31.3 Å². The summed E-state index contributed by atoms with van der Waals surface area (Å²) in [5, 5.41) is 11.4. The summed E-state index contributed by atoms with van der Waals surface area (Å²) in [6.45, 7) is 2.37. The summed E-state index contributed by atoms with van der Waals surface area (Å²) in [6, 6.07) is 12.4. The first-order chi connectivity index (χ1) is 14.0. The SMILES string of the molecule is CCc1ccc(OCc2nnc(SCC(=O)Nc3ccc(Br)cc3F)n2C)cc1. The first-order valence-electron chi connectivity index (χ1n) is 8.94. The van der Waals surface area contributed by atoms with Gasteiger partial charge in [-0.25, -0.2) is 4.39 Å². The lowest BCUT2D eigenvalue weighted by Crippen LogP contribution is -2.15. The molecule has 2 aromatic carbocycles. The average Bonchev–Trinajstić information content (AvgIpc) is 3.07. The van der Waals surface area contributed by atoms with Gasteiger partial charge in [0.1, 0.15) is 18.2 Å². The highest BCUT2D eigenvalue weighted by atomic mass is 79.9. The molecular weight excluding hydrogens is 459 g/mol. The van der Waals surface area contributed by atoms with Crippen LogP contribution in [0.3, 0.4) is 0 Å². The summed E-state index contributed by atoms with van der Waals surface area (Å²) in [7, 11) is 1.81. The smallest absolute Gasteiger partial charge is 0.234 e. The van der Waals surface area contributed by atoms with Gasteiger partial charge < -0.3 is 14.6 Å². The van der Waals surface area contributed by atoms with Gasteiger partial charge in [0.2, 0.25) is 5.91 Å². The fourth-order valence-corrected chi connectivity index (χ4v) is 3.54. The number of rotatable bonds is 8. The van der Waals surface area contributed by atoms with Gasteiger partial charge >= 0.3 is 0 Å². The molecule has 0 saturated carbocycles. The number of ether oxygens (including phenoxy) is 1. The van der Waals surface area contributed by atoms with Gasteiger partial charge in [0, 0.05) is 11.5 Å². The van der Waals surface area contributed by atoms with E-state index in [0.29, 0.717) is 15.5 Å². The molecule has 1 heterocycles. The van der Waals surface area contributed by atoms with E-state index in [4.69, 9.17) is 4.74 Å². The summed E-state index contributed by atoms with van der Waals surface area (Å²) in [5.74, 6) is 0.665. The lowest BCUT2D eigenvalue weighted by Gasteiger charge is -2.08. The van der Waals surface area contributed by atoms with E-state index in [1.54, 1.807) is 10.6 Å². The van der Waals surface area contributed by atoms with Crippen LogP contribution in [-0.4, -0.2) is 26.4 Å². The summed E-state index contributed by atoms with van der Waals surface area (Å²) >= 11 is 4.40. The number of aryl methyl sites for hydroxylation is 1. The van der Waals surface area contributed by atoms with Crippen LogP contribution in [0.5, 0.6) is 5.75 Å². The number of halogens is 2. The van der Waals surface area contributed by atoms with Gasteiger partial charge in [-0.3, -0.25) is 4.79 Å². The van der Waals surface area contributed by atoms with Crippen molar-refractivity contribution in [2.24, 2.45) is 7.05 Å². The number of hydrogen-bond donors (Lipinski definition) is 1. The van der Waals surface area contributed by atoms with Crippen molar-refractivity contribution < 1.29 is 13.9 Å². The van der Waals surface area contributed by atoms with Crippen molar-refractivity contribution >= 4 is 39.3 Å². The molecule has 0 aliphatic rings. The Bertz CT molecular complexity index is 995. The highest BCUT2D eigenvalue weighted by molar-refractivity contribution is 9.10. The van der Waals surface area contributed by atoms with Gasteiger partial charge in [-0.15, -0.1) is 10.2 Å². The van der Waals surface area contributed by atoms with Crippen LogP contribution >= 0.6 is 27.7 Å². The predicted molar refractivity (Wildman–Crippen MR) is 115 cm³/mol. The van der Waals surface area contributed by atoms with E-state index < -0.39 is 5.82 Å². The van der Waals surface area contributed by atoms with E-state index in [9.17, 15) is 9.18 Å². The Morgan fingerprint density at radius 1 is 1.24 bits per heavy atom. The molecule has 0 saturated heterocycles. The maximum atomic E-state index is 13.8. The van der Waals surface area contributed by atoms with Gasteiger partial charge in [0.05, 0.1) is 11.4 Å². The number of benzene rings is 2. The van der Waals surface area contributed by atoms with E-state index in [0.717, 1.165) is 12.2 Å². The number of amides is 1. The topological polar surface area (TPSA) is 69.0 Å². The van der Waals surface area contributed by atoms with E-state index in [2.05, 4.69) is 38.4 Å². The maximum absolute atomic E-state index is 13.8. The lowest BCUT2D eigenvalue weighted by atomic mass is 10.2. The Hall–Kier alpha value is -2.39. The first-order valence-corrected chi connectivity index (χ1v) is 10.7. The number of aromatic nitrogens is 3. The minimum Gasteiger partial charge on any atom is -0.486 e. The van der Waals surface area contributed by atoms with Gasteiger partial charge in [-0.1, -0.05) is 46.7 Å². The standard InChI is InChI=1S/C20H20BrFN4O2S/c1-3-13-4-7-15(8-5-13)28-11-18-24-25-20(26(18)2)29-12-19(27)23-17-9-6-14(21)10-16(17)22/h4-10H,3,11-12H2,1-2H3,(H,23,27). The molecule has 0 fully saturated rings. The number of carbonyl (C=O) groups is 1. The van der Waals surface area contributed by atoms with Crippen LogP contribution in [0.15, 0.2) is 52.1 Å². The van der Waals surface area contributed by atoms with E-state index in [1.165, 1.54) is 29.5 Å².